The molecule has 2 rings (SSSR count). The monoisotopic (exact) mass is 251 g/mol. The molecule has 1 aromatic carbocycles. The van der Waals surface area contributed by atoms with Crippen LogP contribution in [0.15, 0.2) is 28.9 Å². The molecule has 3 heteroatoms. The van der Waals surface area contributed by atoms with Crippen LogP contribution in [0.5, 0.6) is 0 Å². The van der Waals surface area contributed by atoms with Gasteiger partial charge in [-0.2, -0.15) is 0 Å². The van der Waals surface area contributed by atoms with E-state index in [0.29, 0.717) is 6.42 Å². The van der Waals surface area contributed by atoms with Crippen LogP contribution in [0.1, 0.15) is 12.5 Å². The van der Waals surface area contributed by atoms with Crippen molar-refractivity contribution in [3.05, 3.63) is 34.4 Å². The summed E-state index contributed by atoms with van der Waals surface area (Å²) in [6.45, 7) is 1.61. The fraction of sp³-hybridized carbons (Fsp3) is 0.182. The highest BCUT2D eigenvalue weighted by Crippen LogP contribution is 2.25. The highest BCUT2D eigenvalue weighted by Gasteiger charge is 2.06. The molecule has 1 N–H and O–H groups in total. The summed E-state index contributed by atoms with van der Waals surface area (Å²) in [4.78, 5) is 14.2. The fourth-order valence-electron chi connectivity index (χ4n) is 1.59. The molecule has 0 aliphatic carbocycles. The highest BCUT2D eigenvalue weighted by molar-refractivity contribution is 9.10. The van der Waals surface area contributed by atoms with Gasteiger partial charge in [0, 0.05) is 22.5 Å². The topological polar surface area (TPSA) is 32.9 Å². The summed E-state index contributed by atoms with van der Waals surface area (Å²) in [6, 6.07) is 5.98. The second-order valence-electron chi connectivity index (χ2n) is 3.36. The normalized spacial score (nSPS) is 10.7. The molecule has 14 heavy (non-hydrogen) atoms. The Morgan fingerprint density at radius 3 is 3.00 bits per heavy atom. The predicted molar refractivity (Wildman–Crippen MR) is 60.4 cm³/mol. The molecule has 0 radical (unpaired) electrons. The summed E-state index contributed by atoms with van der Waals surface area (Å²) in [5, 5.41) is 1.12. The number of ketones is 1. The van der Waals surface area contributed by atoms with E-state index in [2.05, 4.69) is 20.9 Å². The molecule has 0 aliphatic heterocycles. The molecule has 0 saturated carbocycles. The predicted octanol–water partition coefficient (Wildman–Crippen LogP) is 3.06. The number of fused-ring (bicyclic) bond motifs is 1. The van der Waals surface area contributed by atoms with Crippen molar-refractivity contribution in [2.24, 2.45) is 0 Å². The number of rotatable bonds is 2. The second kappa shape index (κ2) is 3.58. The molecule has 72 valence electrons. The number of para-hydroxylation sites is 1. The standard InChI is InChI=1S/C11H10BrNO/c1-7(14)5-8-6-13-11-9(8)3-2-4-10(11)12/h2-4,6,13H,5H2,1H3. The van der Waals surface area contributed by atoms with Crippen LogP contribution in [0, 0.1) is 0 Å². The number of aromatic amines is 1. The van der Waals surface area contributed by atoms with Gasteiger partial charge in [-0.05, 0) is 34.5 Å². The summed E-state index contributed by atoms with van der Waals surface area (Å²) in [6.07, 6.45) is 2.40. The molecule has 0 saturated heterocycles. The number of Topliss-reactive ketones (excluding diaryl/α,β-unsaturated/α-hetero) is 1. The Morgan fingerprint density at radius 1 is 1.50 bits per heavy atom. The quantitative estimate of drug-likeness (QED) is 0.875. The largest absolute Gasteiger partial charge is 0.360 e. The van der Waals surface area contributed by atoms with Gasteiger partial charge in [-0.1, -0.05) is 12.1 Å². The zero-order chi connectivity index (χ0) is 10.1. The van der Waals surface area contributed by atoms with Crippen molar-refractivity contribution in [3.63, 3.8) is 0 Å². The van der Waals surface area contributed by atoms with Gasteiger partial charge >= 0.3 is 0 Å². The maximum Gasteiger partial charge on any atom is 0.134 e. The Bertz CT molecular complexity index is 487. The van der Waals surface area contributed by atoms with Gasteiger partial charge in [0.25, 0.3) is 0 Å². The van der Waals surface area contributed by atoms with Crippen LogP contribution in [-0.2, 0) is 11.2 Å². The lowest BCUT2D eigenvalue weighted by molar-refractivity contribution is -0.116. The summed E-state index contributed by atoms with van der Waals surface area (Å²) < 4.78 is 1.03. The molecular formula is C11H10BrNO. The molecule has 2 aromatic rings. The minimum absolute atomic E-state index is 0.186. The van der Waals surface area contributed by atoms with Gasteiger partial charge in [-0.3, -0.25) is 4.79 Å². The summed E-state index contributed by atoms with van der Waals surface area (Å²) in [7, 11) is 0. The third-order valence-electron chi connectivity index (χ3n) is 2.19. The van der Waals surface area contributed by atoms with Crippen molar-refractivity contribution in [2.75, 3.05) is 0 Å². The summed E-state index contributed by atoms with van der Waals surface area (Å²) in [5.41, 5.74) is 2.12. The number of hydrogen-bond donors (Lipinski definition) is 1. The van der Waals surface area contributed by atoms with Crippen molar-refractivity contribution in [3.8, 4) is 0 Å². The lowest BCUT2D eigenvalue weighted by Crippen LogP contribution is -1.94. The van der Waals surface area contributed by atoms with Crippen molar-refractivity contribution >= 4 is 32.6 Å². The van der Waals surface area contributed by atoms with Crippen molar-refractivity contribution in [2.45, 2.75) is 13.3 Å². The molecule has 0 aliphatic rings. The zero-order valence-electron chi connectivity index (χ0n) is 7.80. The third kappa shape index (κ3) is 1.60. The molecule has 0 bridgehead atoms. The van der Waals surface area contributed by atoms with Crippen molar-refractivity contribution < 1.29 is 4.79 Å². The Morgan fingerprint density at radius 2 is 2.29 bits per heavy atom. The third-order valence-corrected chi connectivity index (χ3v) is 2.85. The molecule has 0 fully saturated rings. The van der Waals surface area contributed by atoms with E-state index >= 15 is 0 Å². The van der Waals surface area contributed by atoms with Crippen LogP contribution in [-0.4, -0.2) is 10.8 Å². The van der Waals surface area contributed by atoms with Gasteiger partial charge in [0.1, 0.15) is 5.78 Å². The number of H-pyrrole nitrogens is 1. The number of hydrogen-bond acceptors (Lipinski definition) is 1. The van der Waals surface area contributed by atoms with E-state index in [1.807, 2.05) is 24.4 Å². The van der Waals surface area contributed by atoms with Gasteiger partial charge in [-0.25, -0.2) is 0 Å². The molecule has 0 atom stereocenters. The Kier molecular flexibility index (Phi) is 2.42. The van der Waals surface area contributed by atoms with E-state index in [1.54, 1.807) is 6.92 Å². The van der Waals surface area contributed by atoms with Crippen LogP contribution in [0.4, 0.5) is 0 Å². The maximum atomic E-state index is 11.0. The average molecular weight is 252 g/mol. The number of halogens is 1. The van der Waals surface area contributed by atoms with Crippen LogP contribution in [0.25, 0.3) is 10.9 Å². The van der Waals surface area contributed by atoms with E-state index in [9.17, 15) is 4.79 Å². The maximum absolute atomic E-state index is 11.0. The number of carbonyl (C=O) groups is 1. The first-order valence-corrected chi connectivity index (χ1v) is 5.21. The van der Waals surface area contributed by atoms with E-state index in [4.69, 9.17) is 0 Å². The molecule has 2 nitrogen and oxygen atoms in total. The van der Waals surface area contributed by atoms with Gasteiger partial charge < -0.3 is 4.98 Å². The number of benzene rings is 1. The first-order valence-electron chi connectivity index (χ1n) is 4.42. The lowest BCUT2D eigenvalue weighted by Gasteiger charge is -1.96. The van der Waals surface area contributed by atoms with Crippen LogP contribution in [0.2, 0.25) is 0 Å². The Balaban J connectivity index is 2.58. The number of nitrogens with one attached hydrogen (secondary N) is 1. The smallest absolute Gasteiger partial charge is 0.134 e. The van der Waals surface area contributed by atoms with Gasteiger partial charge in [-0.15, -0.1) is 0 Å². The van der Waals surface area contributed by atoms with Crippen molar-refractivity contribution in [1.29, 1.82) is 0 Å². The van der Waals surface area contributed by atoms with Crippen LogP contribution < -0.4 is 0 Å². The first-order chi connectivity index (χ1) is 6.68. The lowest BCUT2D eigenvalue weighted by atomic mass is 10.1. The Hall–Kier alpha value is -1.09. The van der Waals surface area contributed by atoms with Gasteiger partial charge in [0.2, 0.25) is 0 Å². The molecule has 1 heterocycles. The van der Waals surface area contributed by atoms with Gasteiger partial charge in [0.05, 0.1) is 5.52 Å². The summed E-state index contributed by atoms with van der Waals surface area (Å²) in [5.74, 6) is 0.186. The minimum atomic E-state index is 0.186. The first kappa shape index (κ1) is 9.46. The zero-order valence-corrected chi connectivity index (χ0v) is 9.39. The highest BCUT2D eigenvalue weighted by atomic mass is 79.9. The van der Waals surface area contributed by atoms with E-state index in [-0.39, 0.29) is 5.78 Å². The average Bonchev–Trinajstić information content (AvgIpc) is 2.49. The molecule has 0 unspecified atom stereocenters. The second-order valence-corrected chi connectivity index (χ2v) is 4.21. The summed E-state index contributed by atoms with van der Waals surface area (Å²) >= 11 is 3.46. The number of aromatic nitrogens is 1. The number of carbonyl (C=O) groups excluding carboxylic acids is 1. The van der Waals surface area contributed by atoms with E-state index in [0.717, 1.165) is 20.9 Å². The van der Waals surface area contributed by atoms with Gasteiger partial charge in [0.15, 0.2) is 0 Å². The van der Waals surface area contributed by atoms with Crippen molar-refractivity contribution in [1.82, 2.24) is 4.98 Å². The van der Waals surface area contributed by atoms with E-state index < -0.39 is 0 Å². The molecular weight excluding hydrogens is 242 g/mol. The van der Waals surface area contributed by atoms with Crippen LogP contribution in [0.3, 0.4) is 0 Å². The molecule has 0 spiro atoms. The Labute approximate surface area is 90.4 Å². The fourth-order valence-corrected chi connectivity index (χ4v) is 2.07. The molecule has 0 amide bonds. The SMILES string of the molecule is CC(=O)Cc1c[nH]c2c(Br)cccc12. The molecule has 1 aromatic heterocycles. The van der Waals surface area contributed by atoms with E-state index in [1.165, 1.54) is 0 Å². The van der Waals surface area contributed by atoms with Crippen LogP contribution >= 0.6 is 15.9 Å². The minimum Gasteiger partial charge on any atom is -0.360 e.